The molecule has 1 saturated carbocycles. The van der Waals surface area contributed by atoms with Gasteiger partial charge in [0.05, 0.1) is 0 Å². The number of aliphatic hydroxyl groups is 1. The van der Waals surface area contributed by atoms with E-state index in [2.05, 4.69) is 4.90 Å². The Hall–Kier alpha value is -0.120. The van der Waals surface area contributed by atoms with Crippen molar-refractivity contribution in [2.45, 2.75) is 57.4 Å². The topological polar surface area (TPSA) is 49.5 Å². The van der Waals surface area contributed by atoms with Crippen molar-refractivity contribution in [1.82, 2.24) is 4.90 Å². The second kappa shape index (κ2) is 6.17. The molecule has 2 aliphatic rings. The maximum atomic E-state index is 8.96. The average Bonchev–Trinajstić information content (AvgIpc) is 2.97. The summed E-state index contributed by atoms with van der Waals surface area (Å²) in [5.74, 6) is 0. The molecule has 2 rings (SSSR count). The molecular weight excluding hydrogens is 212 g/mol. The summed E-state index contributed by atoms with van der Waals surface area (Å²) in [4.78, 5) is 2.66. The van der Waals surface area contributed by atoms with Gasteiger partial charge in [-0.25, -0.2) is 0 Å². The summed E-state index contributed by atoms with van der Waals surface area (Å²) in [5.41, 5.74) is 6.44. The van der Waals surface area contributed by atoms with Gasteiger partial charge in [0.2, 0.25) is 0 Å². The van der Waals surface area contributed by atoms with Crippen LogP contribution in [0.2, 0.25) is 0 Å². The fourth-order valence-corrected chi connectivity index (χ4v) is 3.74. The van der Waals surface area contributed by atoms with Gasteiger partial charge in [-0.15, -0.1) is 0 Å². The molecule has 3 N–H and O–H groups in total. The van der Waals surface area contributed by atoms with Gasteiger partial charge in [0.1, 0.15) is 0 Å². The van der Waals surface area contributed by atoms with Crippen molar-refractivity contribution >= 4 is 0 Å². The van der Waals surface area contributed by atoms with Gasteiger partial charge < -0.3 is 10.8 Å². The average molecular weight is 240 g/mol. The zero-order valence-electron chi connectivity index (χ0n) is 11.0. The minimum atomic E-state index is 0.340. The van der Waals surface area contributed by atoms with Crippen LogP contribution in [-0.4, -0.2) is 42.3 Å². The Kier molecular flexibility index (Phi) is 4.83. The molecule has 17 heavy (non-hydrogen) atoms. The van der Waals surface area contributed by atoms with Crippen LogP contribution >= 0.6 is 0 Å². The van der Waals surface area contributed by atoms with Crippen LogP contribution in [0.5, 0.6) is 0 Å². The van der Waals surface area contributed by atoms with Crippen molar-refractivity contribution in [3.05, 3.63) is 0 Å². The van der Waals surface area contributed by atoms with Crippen molar-refractivity contribution in [2.75, 3.05) is 26.2 Å². The van der Waals surface area contributed by atoms with Gasteiger partial charge >= 0.3 is 0 Å². The fraction of sp³-hybridized carbons (Fsp3) is 1.00. The highest BCUT2D eigenvalue weighted by molar-refractivity contribution is 4.91. The van der Waals surface area contributed by atoms with Gasteiger partial charge in [0.15, 0.2) is 0 Å². The molecule has 1 unspecified atom stereocenters. The predicted octanol–water partition coefficient (Wildman–Crippen LogP) is 1.74. The molecule has 2 fully saturated rings. The lowest BCUT2D eigenvalue weighted by Crippen LogP contribution is -2.43. The summed E-state index contributed by atoms with van der Waals surface area (Å²) < 4.78 is 0. The van der Waals surface area contributed by atoms with Gasteiger partial charge in [-0.2, -0.15) is 0 Å². The normalized spacial score (nSPS) is 28.9. The Bertz CT molecular complexity index is 226. The van der Waals surface area contributed by atoms with Crippen LogP contribution in [0.1, 0.15) is 51.4 Å². The summed E-state index contributed by atoms with van der Waals surface area (Å²) in [6.45, 7) is 3.65. The number of hydrogen-bond acceptors (Lipinski definition) is 3. The van der Waals surface area contributed by atoms with E-state index in [1.807, 2.05) is 0 Å². The summed E-state index contributed by atoms with van der Waals surface area (Å²) in [6.07, 6.45) is 10.2. The predicted molar refractivity (Wildman–Crippen MR) is 70.9 cm³/mol. The van der Waals surface area contributed by atoms with Crippen LogP contribution in [-0.2, 0) is 0 Å². The maximum absolute atomic E-state index is 8.96. The van der Waals surface area contributed by atoms with Gasteiger partial charge in [-0.3, -0.25) is 4.90 Å². The number of nitrogens with two attached hydrogens (primary N) is 1. The lowest BCUT2D eigenvalue weighted by molar-refractivity contribution is 0.136. The molecule has 0 radical (unpaired) electrons. The van der Waals surface area contributed by atoms with E-state index in [1.54, 1.807) is 0 Å². The molecule has 0 amide bonds. The van der Waals surface area contributed by atoms with Crippen molar-refractivity contribution in [3.8, 4) is 0 Å². The quantitative estimate of drug-likeness (QED) is 0.743. The molecule has 1 aliphatic carbocycles. The Balaban J connectivity index is 1.87. The van der Waals surface area contributed by atoms with Crippen molar-refractivity contribution in [3.63, 3.8) is 0 Å². The second-order valence-corrected chi connectivity index (χ2v) is 6.04. The first kappa shape index (κ1) is 13.3. The summed E-state index contributed by atoms with van der Waals surface area (Å²) in [6, 6.07) is 0.714. The molecule has 0 aromatic heterocycles. The number of nitrogens with zero attached hydrogens (tertiary/aromatic N) is 1. The Morgan fingerprint density at radius 1 is 1.24 bits per heavy atom. The van der Waals surface area contributed by atoms with Gasteiger partial charge in [0, 0.05) is 19.2 Å². The molecule has 1 atom stereocenters. The van der Waals surface area contributed by atoms with E-state index >= 15 is 0 Å². The third kappa shape index (κ3) is 3.21. The lowest BCUT2D eigenvalue weighted by atomic mass is 9.85. The van der Waals surface area contributed by atoms with E-state index in [0.717, 1.165) is 19.4 Å². The molecular formula is C14H28N2O. The zero-order chi connectivity index (χ0) is 12.1. The Morgan fingerprint density at radius 2 is 2.00 bits per heavy atom. The van der Waals surface area contributed by atoms with E-state index in [-0.39, 0.29) is 0 Å². The van der Waals surface area contributed by atoms with Crippen molar-refractivity contribution < 1.29 is 5.11 Å². The van der Waals surface area contributed by atoms with Crippen LogP contribution in [0.25, 0.3) is 0 Å². The minimum absolute atomic E-state index is 0.340. The highest BCUT2D eigenvalue weighted by Crippen LogP contribution is 2.39. The first-order valence-electron chi connectivity index (χ1n) is 7.35. The SMILES string of the molecule is NCC1(CN2CCCC2CCCO)CCCC1. The maximum Gasteiger partial charge on any atom is 0.0431 e. The smallest absolute Gasteiger partial charge is 0.0431 e. The minimum Gasteiger partial charge on any atom is -0.396 e. The number of rotatable bonds is 6. The second-order valence-electron chi connectivity index (χ2n) is 6.04. The lowest BCUT2D eigenvalue weighted by Gasteiger charge is -2.35. The van der Waals surface area contributed by atoms with Crippen LogP contribution in [0, 0.1) is 5.41 Å². The highest BCUT2D eigenvalue weighted by Gasteiger charge is 2.37. The number of hydrogen-bond donors (Lipinski definition) is 2. The third-order valence-electron chi connectivity index (χ3n) is 4.83. The molecule has 1 heterocycles. The van der Waals surface area contributed by atoms with E-state index < -0.39 is 0 Å². The third-order valence-corrected chi connectivity index (χ3v) is 4.83. The van der Waals surface area contributed by atoms with Crippen molar-refractivity contribution in [1.29, 1.82) is 0 Å². The fourth-order valence-electron chi connectivity index (χ4n) is 3.74. The van der Waals surface area contributed by atoms with Gasteiger partial charge in [-0.05, 0) is 57.0 Å². The molecule has 0 bridgehead atoms. The molecule has 1 aliphatic heterocycles. The Labute approximate surface area is 105 Å². The zero-order valence-corrected chi connectivity index (χ0v) is 11.0. The highest BCUT2D eigenvalue weighted by atomic mass is 16.2. The molecule has 1 saturated heterocycles. The monoisotopic (exact) mass is 240 g/mol. The molecule has 3 heteroatoms. The van der Waals surface area contributed by atoms with Crippen LogP contribution in [0.15, 0.2) is 0 Å². The van der Waals surface area contributed by atoms with E-state index in [0.29, 0.717) is 18.1 Å². The first-order valence-corrected chi connectivity index (χ1v) is 7.35. The first-order chi connectivity index (χ1) is 8.29. The van der Waals surface area contributed by atoms with E-state index in [1.165, 1.54) is 51.6 Å². The molecule has 0 aromatic rings. The molecule has 3 nitrogen and oxygen atoms in total. The van der Waals surface area contributed by atoms with Crippen LogP contribution in [0.4, 0.5) is 0 Å². The van der Waals surface area contributed by atoms with E-state index in [9.17, 15) is 0 Å². The van der Waals surface area contributed by atoms with Crippen molar-refractivity contribution in [2.24, 2.45) is 11.1 Å². The molecule has 100 valence electrons. The molecule has 0 spiro atoms. The van der Waals surface area contributed by atoms with E-state index in [4.69, 9.17) is 10.8 Å². The van der Waals surface area contributed by atoms with Gasteiger partial charge in [-0.1, -0.05) is 12.8 Å². The standard InChI is InChI=1S/C14H28N2O/c15-11-14(7-1-2-8-14)12-16-9-3-5-13(16)6-4-10-17/h13,17H,1-12,15H2. The molecule has 0 aromatic carbocycles. The van der Waals surface area contributed by atoms with Gasteiger partial charge in [0.25, 0.3) is 0 Å². The summed E-state index contributed by atoms with van der Waals surface area (Å²) in [7, 11) is 0. The summed E-state index contributed by atoms with van der Waals surface area (Å²) >= 11 is 0. The number of aliphatic hydroxyl groups excluding tert-OH is 1. The number of likely N-dealkylation sites (tertiary alicyclic amines) is 1. The largest absolute Gasteiger partial charge is 0.396 e. The summed E-state index contributed by atoms with van der Waals surface area (Å²) in [5, 5.41) is 8.96. The Morgan fingerprint density at radius 3 is 2.65 bits per heavy atom. The van der Waals surface area contributed by atoms with Crippen LogP contribution in [0.3, 0.4) is 0 Å². The van der Waals surface area contributed by atoms with Crippen LogP contribution < -0.4 is 5.73 Å².